The van der Waals surface area contributed by atoms with E-state index >= 15 is 0 Å². The highest BCUT2D eigenvalue weighted by Crippen LogP contribution is 2.36. The zero-order chi connectivity index (χ0) is 17.6. The van der Waals surface area contributed by atoms with Crippen molar-refractivity contribution in [3.05, 3.63) is 54.6 Å². The van der Waals surface area contributed by atoms with Crippen LogP contribution in [0.4, 0.5) is 0 Å². The Bertz CT molecular complexity index is 1110. The molecule has 3 aromatic carbocycles. The summed E-state index contributed by atoms with van der Waals surface area (Å²) in [4.78, 5) is 0. The van der Waals surface area contributed by atoms with Gasteiger partial charge in [0.1, 0.15) is 33.7 Å². The van der Waals surface area contributed by atoms with Crippen LogP contribution in [0.2, 0.25) is 0 Å². The molecule has 25 heavy (non-hydrogen) atoms. The zero-order valence-electron chi connectivity index (χ0n) is 12.8. The van der Waals surface area contributed by atoms with Crippen molar-refractivity contribution in [3.63, 3.8) is 0 Å². The molecule has 0 saturated heterocycles. The summed E-state index contributed by atoms with van der Waals surface area (Å²) in [5.74, 6) is -0.00205. The Morgan fingerprint density at radius 1 is 0.840 bits per heavy atom. The maximum absolute atomic E-state index is 10.0. The first-order valence-corrected chi connectivity index (χ1v) is 7.89. The van der Waals surface area contributed by atoms with Crippen LogP contribution >= 0.6 is 12.6 Å². The lowest BCUT2D eigenvalue weighted by molar-refractivity contribution is 0.446. The fraction of sp³-hybridized carbons (Fsp3) is 0. The summed E-state index contributed by atoms with van der Waals surface area (Å²) in [6.07, 6.45) is 0. The number of aromatic nitrogens is 3. The third-order valence-electron chi connectivity index (χ3n) is 3.99. The molecule has 0 fully saturated rings. The van der Waals surface area contributed by atoms with Crippen molar-refractivity contribution in [1.29, 1.82) is 0 Å². The number of benzene rings is 3. The summed E-state index contributed by atoms with van der Waals surface area (Å²) >= 11 is 4.51. The summed E-state index contributed by atoms with van der Waals surface area (Å²) in [6, 6.07) is 15.0. The number of hydrogen-bond acceptors (Lipinski definition) is 6. The van der Waals surface area contributed by atoms with Gasteiger partial charge in [-0.2, -0.15) is 0 Å². The van der Waals surface area contributed by atoms with Crippen molar-refractivity contribution in [2.45, 2.75) is 5.03 Å². The maximum atomic E-state index is 10.0. The number of nitrogens with zero attached hydrogens (tertiary/aromatic N) is 3. The van der Waals surface area contributed by atoms with Crippen LogP contribution in [-0.2, 0) is 0 Å². The third kappa shape index (κ3) is 2.45. The highest BCUT2D eigenvalue weighted by Gasteiger charge is 2.18. The van der Waals surface area contributed by atoms with Gasteiger partial charge in [0.15, 0.2) is 0 Å². The Hall–Kier alpha value is -3.19. The Kier molecular flexibility index (Phi) is 3.51. The van der Waals surface area contributed by atoms with E-state index < -0.39 is 0 Å². The largest absolute Gasteiger partial charge is 0.508 e. The lowest BCUT2D eigenvalue weighted by Crippen LogP contribution is -1.97. The van der Waals surface area contributed by atoms with E-state index in [4.69, 9.17) is 0 Å². The van der Waals surface area contributed by atoms with Gasteiger partial charge in [-0.15, -0.1) is 17.7 Å². The van der Waals surface area contributed by atoms with Crippen LogP contribution in [-0.4, -0.2) is 30.3 Å². The molecule has 0 atom stereocenters. The molecule has 0 saturated carbocycles. The Morgan fingerprint density at radius 2 is 1.60 bits per heavy atom. The number of phenolic OH excluding ortho intramolecular Hbond substituents is 3. The quantitative estimate of drug-likeness (QED) is 0.415. The predicted octanol–water partition coefficient (Wildman–Crippen LogP) is 3.49. The van der Waals surface area contributed by atoms with Gasteiger partial charge in [-0.05, 0) is 29.7 Å². The first-order chi connectivity index (χ1) is 12.1. The molecule has 0 aliphatic heterocycles. The standard InChI is InChI=1S/C18H13N3O3S/c22-10-5-7-14(16(24)9-10)21-18(25)17(19-20-21)13-6-8-15(23)12-4-2-1-3-11(12)13/h1-9,22-25H. The zero-order valence-corrected chi connectivity index (χ0v) is 13.7. The predicted molar refractivity (Wildman–Crippen MR) is 96.5 cm³/mol. The molecule has 0 amide bonds. The SMILES string of the molecule is Oc1ccc(-n2nnc(-c3ccc(O)c4ccccc34)c2S)c(O)c1. The van der Waals surface area contributed by atoms with Crippen molar-refractivity contribution in [3.8, 4) is 34.2 Å². The van der Waals surface area contributed by atoms with Crippen LogP contribution in [0.5, 0.6) is 17.2 Å². The Balaban J connectivity index is 1.92. The number of hydrogen-bond donors (Lipinski definition) is 4. The summed E-state index contributed by atoms with van der Waals surface area (Å²) in [5.41, 5.74) is 1.64. The van der Waals surface area contributed by atoms with E-state index in [2.05, 4.69) is 22.9 Å². The molecular formula is C18H13N3O3S. The van der Waals surface area contributed by atoms with E-state index in [0.29, 0.717) is 21.8 Å². The van der Waals surface area contributed by atoms with Crippen molar-refractivity contribution in [1.82, 2.24) is 15.0 Å². The maximum Gasteiger partial charge on any atom is 0.145 e. The molecule has 0 radical (unpaired) electrons. The van der Waals surface area contributed by atoms with E-state index in [1.54, 1.807) is 12.1 Å². The van der Waals surface area contributed by atoms with Crippen molar-refractivity contribution >= 4 is 23.4 Å². The lowest BCUT2D eigenvalue weighted by atomic mass is 10.0. The van der Waals surface area contributed by atoms with Gasteiger partial charge in [0, 0.05) is 17.0 Å². The van der Waals surface area contributed by atoms with Crippen LogP contribution in [0, 0.1) is 0 Å². The molecule has 0 unspecified atom stereocenters. The molecule has 4 rings (SSSR count). The molecule has 0 bridgehead atoms. The lowest BCUT2D eigenvalue weighted by Gasteiger charge is -2.08. The molecular weight excluding hydrogens is 338 g/mol. The minimum Gasteiger partial charge on any atom is -0.508 e. The summed E-state index contributed by atoms with van der Waals surface area (Å²) in [5, 5.41) is 39.7. The number of aromatic hydroxyl groups is 3. The van der Waals surface area contributed by atoms with E-state index in [-0.39, 0.29) is 17.2 Å². The average Bonchev–Trinajstić information content (AvgIpc) is 2.97. The molecule has 4 aromatic rings. The normalized spacial score (nSPS) is 11.1. The van der Waals surface area contributed by atoms with Crippen molar-refractivity contribution < 1.29 is 15.3 Å². The smallest absolute Gasteiger partial charge is 0.145 e. The molecule has 3 N–H and O–H groups in total. The minimum atomic E-state index is -0.137. The van der Waals surface area contributed by atoms with Crippen molar-refractivity contribution in [2.24, 2.45) is 0 Å². The second-order valence-corrected chi connectivity index (χ2v) is 5.95. The van der Waals surface area contributed by atoms with Crippen LogP contribution in [0.1, 0.15) is 0 Å². The van der Waals surface area contributed by atoms with Gasteiger partial charge in [0.2, 0.25) is 0 Å². The number of rotatable bonds is 2. The minimum absolute atomic E-state index is 0.0492. The topological polar surface area (TPSA) is 91.4 Å². The van der Waals surface area contributed by atoms with Crippen LogP contribution < -0.4 is 0 Å². The monoisotopic (exact) mass is 351 g/mol. The fourth-order valence-electron chi connectivity index (χ4n) is 2.79. The number of fused-ring (bicyclic) bond motifs is 1. The second-order valence-electron chi connectivity index (χ2n) is 5.52. The third-order valence-corrected chi connectivity index (χ3v) is 4.39. The molecule has 1 aromatic heterocycles. The molecule has 6 nitrogen and oxygen atoms in total. The van der Waals surface area contributed by atoms with E-state index in [1.165, 1.54) is 22.9 Å². The molecule has 0 aliphatic carbocycles. The molecule has 0 spiro atoms. The van der Waals surface area contributed by atoms with E-state index in [9.17, 15) is 15.3 Å². The Morgan fingerprint density at radius 3 is 2.36 bits per heavy atom. The van der Waals surface area contributed by atoms with Crippen molar-refractivity contribution in [2.75, 3.05) is 0 Å². The summed E-state index contributed by atoms with van der Waals surface area (Å²) < 4.78 is 1.38. The average molecular weight is 351 g/mol. The summed E-state index contributed by atoms with van der Waals surface area (Å²) in [7, 11) is 0. The van der Waals surface area contributed by atoms with Crippen LogP contribution in [0.15, 0.2) is 59.6 Å². The first-order valence-electron chi connectivity index (χ1n) is 7.44. The van der Waals surface area contributed by atoms with Crippen LogP contribution in [0.25, 0.3) is 27.7 Å². The van der Waals surface area contributed by atoms with Gasteiger partial charge in [0.05, 0.1) is 0 Å². The second kappa shape index (κ2) is 5.71. The highest BCUT2D eigenvalue weighted by molar-refractivity contribution is 7.80. The molecule has 1 heterocycles. The van der Waals surface area contributed by atoms with E-state index in [1.807, 2.05) is 24.3 Å². The first kappa shape index (κ1) is 15.3. The van der Waals surface area contributed by atoms with Gasteiger partial charge in [-0.3, -0.25) is 0 Å². The number of phenols is 3. The van der Waals surface area contributed by atoms with Gasteiger partial charge in [-0.25, -0.2) is 4.68 Å². The van der Waals surface area contributed by atoms with Gasteiger partial charge >= 0.3 is 0 Å². The van der Waals surface area contributed by atoms with Gasteiger partial charge in [-0.1, -0.05) is 29.5 Å². The van der Waals surface area contributed by atoms with E-state index in [0.717, 1.165) is 10.9 Å². The van der Waals surface area contributed by atoms with Gasteiger partial charge in [0.25, 0.3) is 0 Å². The Labute approximate surface area is 148 Å². The highest BCUT2D eigenvalue weighted by atomic mass is 32.1. The fourth-order valence-corrected chi connectivity index (χ4v) is 3.11. The molecule has 124 valence electrons. The molecule has 0 aliphatic rings. The van der Waals surface area contributed by atoms with Crippen LogP contribution in [0.3, 0.4) is 0 Å². The summed E-state index contributed by atoms with van der Waals surface area (Å²) in [6.45, 7) is 0. The van der Waals surface area contributed by atoms with Gasteiger partial charge < -0.3 is 15.3 Å². The number of thiol groups is 1. The molecule has 7 heteroatoms.